The Balaban J connectivity index is 2.54. The molecule has 0 saturated carbocycles. The quantitative estimate of drug-likeness (QED) is 0.856. The molecule has 0 aliphatic rings. The lowest BCUT2D eigenvalue weighted by atomic mass is 9.88. The number of hydrogen-bond acceptors (Lipinski definition) is 3. The molecular formula is C14H23NO2. The van der Waals surface area contributed by atoms with Crippen LogP contribution in [0, 0.1) is 5.41 Å². The summed E-state index contributed by atoms with van der Waals surface area (Å²) in [6, 6.07) is 7.92. The minimum absolute atomic E-state index is 0.0218. The molecule has 1 unspecified atom stereocenters. The first-order valence-corrected chi connectivity index (χ1v) is 5.89. The molecule has 96 valence electrons. The van der Waals surface area contributed by atoms with Gasteiger partial charge >= 0.3 is 0 Å². The molecule has 3 heteroatoms. The van der Waals surface area contributed by atoms with Crippen molar-refractivity contribution in [1.82, 2.24) is 0 Å². The molecule has 0 aliphatic heterocycles. The normalized spacial score (nSPS) is 13.5. The van der Waals surface area contributed by atoms with Crippen LogP contribution in [-0.2, 0) is 11.3 Å². The summed E-state index contributed by atoms with van der Waals surface area (Å²) in [6.07, 6.45) is 0. The molecule has 1 aromatic carbocycles. The minimum atomic E-state index is 0.0218. The van der Waals surface area contributed by atoms with E-state index in [0.717, 1.165) is 11.3 Å². The van der Waals surface area contributed by atoms with Crippen LogP contribution >= 0.6 is 0 Å². The monoisotopic (exact) mass is 237 g/mol. The number of rotatable bonds is 5. The molecule has 0 amide bonds. The second kappa shape index (κ2) is 6.03. The van der Waals surface area contributed by atoms with Gasteiger partial charge in [-0.3, -0.25) is 0 Å². The van der Waals surface area contributed by atoms with E-state index >= 15 is 0 Å². The fourth-order valence-electron chi connectivity index (χ4n) is 1.33. The van der Waals surface area contributed by atoms with Crippen molar-refractivity contribution in [2.45, 2.75) is 33.4 Å². The van der Waals surface area contributed by atoms with Crippen LogP contribution in [0.15, 0.2) is 24.3 Å². The Morgan fingerprint density at radius 3 is 2.59 bits per heavy atom. The predicted molar refractivity (Wildman–Crippen MR) is 70.1 cm³/mol. The van der Waals surface area contributed by atoms with Gasteiger partial charge < -0.3 is 15.2 Å². The van der Waals surface area contributed by atoms with Crippen LogP contribution in [-0.4, -0.2) is 19.8 Å². The number of methoxy groups -OCH3 is 1. The third-order valence-electron chi connectivity index (χ3n) is 2.75. The molecule has 1 atom stereocenters. The second-order valence-electron chi connectivity index (χ2n) is 5.36. The highest BCUT2D eigenvalue weighted by Gasteiger charge is 2.20. The zero-order chi connectivity index (χ0) is 12.9. The van der Waals surface area contributed by atoms with Crippen molar-refractivity contribution in [3.05, 3.63) is 29.8 Å². The molecule has 0 saturated heterocycles. The average molecular weight is 237 g/mol. The largest absolute Gasteiger partial charge is 0.492 e. The first kappa shape index (κ1) is 14.0. The van der Waals surface area contributed by atoms with Crippen molar-refractivity contribution >= 4 is 0 Å². The van der Waals surface area contributed by atoms with Gasteiger partial charge in [-0.25, -0.2) is 0 Å². The van der Waals surface area contributed by atoms with E-state index in [1.807, 2.05) is 24.3 Å². The lowest BCUT2D eigenvalue weighted by Crippen LogP contribution is -2.40. The van der Waals surface area contributed by atoms with Crippen molar-refractivity contribution < 1.29 is 9.47 Å². The highest BCUT2D eigenvalue weighted by Crippen LogP contribution is 2.19. The van der Waals surface area contributed by atoms with E-state index in [4.69, 9.17) is 15.2 Å². The Kier molecular flexibility index (Phi) is 4.97. The molecule has 0 bridgehead atoms. The first-order valence-electron chi connectivity index (χ1n) is 5.89. The van der Waals surface area contributed by atoms with Crippen LogP contribution < -0.4 is 10.5 Å². The van der Waals surface area contributed by atoms with E-state index in [1.165, 1.54) is 0 Å². The fourth-order valence-corrected chi connectivity index (χ4v) is 1.33. The van der Waals surface area contributed by atoms with E-state index in [0.29, 0.717) is 13.2 Å². The topological polar surface area (TPSA) is 44.5 Å². The van der Waals surface area contributed by atoms with Crippen LogP contribution in [0.25, 0.3) is 0 Å². The summed E-state index contributed by atoms with van der Waals surface area (Å²) in [5.41, 5.74) is 7.21. The van der Waals surface area contributed by atoms with Gasteiger partial charge in [-0.1, -0.05) is 32.9 Å². The number of nitrogens with two attached hydrogens (primary N) is 1. The maximum Gasteiger partial charge on any atom is 0.119 e. The van der Waals surface area contributed by atoms with Crippen LogP contribution in [0.5, 0.6) is 5.75 Å². The Hall–Kier alpha value is -1.06. The Morgan fingerprint density at radius 1 is 1.29 bits per heavy atom. The molecule has 1 aromatic rings. The third-order valence-corrected chi connectivity index (χ3v) is 2.75. The lowest BCUT2D eigenvalue weighted by Gasteiger charge is -2.26. The van der Waals surface area contributed by atoms with Crippen molar-refractivity contribution in [1.29, 1.82) is 0 Å². The number of benzene rings is 1. The molecule has 3 nitrogen and oxygen atoms in total. The maximum absolute atomic E-state index is 6.05. The minimum Gasteiger partial charge on any atom is -0.492 e. The van der Waals surface area contributed by atoms with E-state index < -0.39 is 0 Å². The first-order chi connectivity index (χ1) is 7.93. The maximum atomic E-state index is 6.05. The van der Waals surface area contributed by atoms with Crippen molar-refractivity contribution in [2.24, 2.45) is 11.1 Å². The van der Waals surface area contributed by atoms with E-state index in [1.54, 1.807) is 7.11 Å². The average Bonchev–Trinajstić information content (AvgIpc) is 2.25. The Morgan fingerprint density at radius 2 is 2.00 bits per heavy atom. The summed E-state index contributed by atoms with van der Waals surface area (Å²) in [5, 5.41) is 0. The van der Waals surface area contributed by atoms with Crippen LogP contribution in [0.1, 0.15) is 26.3 Å². The molecule has 1 rings (SSSR count). The highest BCUT2D eigenvalue weighted by molar-refractivity contribution is 5.28. The zero-order valence-corrected chi connectivity index (χ0v) is 11.2. The van der Waals surface area contributed by atoms with E-state index in [-0.39, 0.29) is 11.5 Å². The Bertz CT molecular complexity index is 344. The zero-order valence-electron chi connectivity index (χ0n) is 11.2. The van der Waals surface area contributed by atoms with Crippen LogP contribution in [0.3, 0.4) is 0 Å². The predicted octanol–water partition coefficient (Wildman–Crippen LogP) is 2.59. The van der Waals surface area contributed by atoms with Crippen LogP contribution in [0.4, 0.5) is 0 Å². The number of hydrogen-bond donors (Lipinski definition) is 1. The van der Waals surface area contributed by atoms with Crippen molar-refractivity contribution in [3.8, 4) is 5.75 Å². The van der Waals surface area contributed by atoms with Gasteiger partial charge in [-0.05, 0) is 23.1 Å². The summed E-state index contributed by atoms with van der Waals surface area (Å²) in [7, 11) is 1.68. The lowest BCUT2D eigenvalue weighted by molar-refractivity contribution is 0.183. The molecule has 0 fully saturated rings. The fraction of sp³-hybridized carbons (Fsp3) is 0.571. The summed E-state index contributed by atoms with van der Waals surface area (Å²) in [6.45, 7) is 7.47. The van der Waals surface area contributed by atoms with Crippen molar-refractivity contribution in [3.63, 3.8) is 0 Å². The SMILES string of the molecule is COCc1cccc(OCC(N)C(C)(C)C)c1. The van der Waals surface area contributed by atoms with Gasteiger partial charge in [-0.2, -0.15) is 0 Å². The van der Waals surface area contributed by atoms with E-state index in [2.05, 4.69) is 20.8 Å². The molecule has 17 heavy (non-hydrogen) atoms. The Labute approximate surface area is 104 Å². The van der Waals surface area contributed by atoms with Gasteiger partial charge in [0.2, 0.25) is 0 Å². The third kappa shape index (κ3) is 4.75. The summed E-state index contributed by atoms with van der Waals surface area (Å²) < 4.78 is 10.8. The van der Waals surface area contributed by atoms with Gasteiger partial charge in [0.1, 0.15) is 12.4 Å². The second-order valence-corrected chi connectivity index (χ2v) is 5.36. The summed E-state index contributed by atoms with van der Waals surface area (Å²) >= 11 is 0. The van der Waals surface area contributed by atoms with Crippen molar-refractivity contribution in [2.75, 3.05) is 13.7 Å². The standard InChI is InChI=1S/C14H23NO2/c1-14(2,3)13(15)10-17-12-7-5-6-11(8-12)9-16-4/h5-8,13H,9-10,15H2,1-4H3. The van der Waals surface area contributed by atoms with E-state index in [9.17, 15) is 0 Å². The van der Waals surface area contributed by atoms with Gasteiger partial charge in [0.05, 0.1) is 6.61 Å². The highest BCUT2D eigenvalue weighted by atomic mass is 16.5. The molecular weight excluding hydrogens is 214 g/mol. The molecule has 0 spiro atoms. The van der Waals surface area contributed by atoms with Crippen LogP contribution in [0.2, 0.25) is 0 Å². The summed E-state index contributed by atoms with van der Waals surface area (Å²) in [4.78, 5) is 0. The van der Waals surface area contributed by atoms with Gasteiger partial charge in [0, 0.05) is 13.2 Å². The van der Waals surface area contributed by atoms with Gasteiger partial charge in [0.15, 0.2) is 0 Å². The summed E-state index contributed by atoms with van der Waals surface area (Å²) in [5.74, 6) is 0.847. The molecule has 0 radical (unpaired) electrons. The molecule has 0 aromatic heterocycles. The number of ether oxygens (including phenoxy) is 2. The smallest absolute Gasteiger partial charge is 0.119 e. The van der Waals surface area contributed by atoms with Gasteiger partial charge in [-0.15, -0.1) is 0 Å². The molecule has 0 heterocycles. The molecule has 0 aliphatic carbocycles. The van der Waals surface area contributed by atoms with Gasteiger partial charge in [0.25, 0.3) is 0 Å². The molecule has 2 N–H and O–H groups in total.